The Kier molecular flexibility index (Phi) is 5.10. The van der Waals surface area contributed by atoms with E-state index < -0.39 is 12.0 Å². The maximum Gasteiger partial charge on any atom is 0.409 e. The number of nitrogens with zero attached hydrogens (tertiary/aromatic N) is 3. The fourth-order valence-corrected chi connectivity index (χ4v) is 3.04. The summed E-state index contributed by atoms with van der Waals surface area (Å²) in [4.78, 5) is 26.5. The quantitative estimate of drug-likeness (QED) is 0.376. The molecule has 5 N–H and O–H groups in total. The number of hydrogen-bond acceptors (Lipinski definition) is 6. The molecule has 0 spiro atoms. The van der Waals surface area contributed by atoms with Crippen molar-refractivity contribution in [3.63, 3.8) is 0 Å². The van der Waals surface area contributed by atoms with E-state index in [0.29, 0.717) is 34.3 Å². The van der Waals surface area contributed by atoms with Crippen LogP contribution in [0, 0.1) is 0 Å². The summed E-state index contributed by atoms with van der Waals surface area (Å²) in [5, 5.41) is 18.6. The molecule has 0 fully saturated rings. The molecule has 156 valence electrons. The van der Waals surface area contributed by atoms with Gasteiger partial charge in [-0.2, -0.15) is 4.98 Å². The second-order valence-corrected chi connectivity index (χ2v) is 6.57. The predicted octanol–water partition coefficient (Wildman–Crippen LogP) is 3.34. The van der Waals surface area contributed by atoms with Gasteiger partial charge in [-0.15, -0.1) is 5.10 Å². The molecule has 0 unspecified atom stereocenters. The Morgan fingerprint density at radius 3 is 2.48 bits per heavy atom. The maximum atomic E-state index is 11.4. The number of aromatic nitrogens is 3. The van der Waals surface area contributed by atoms with Crippen LogP contribution in [-0.2, 0) is 0 Å². The first kappa shape index (κ1) is 19.7. The summed E-state index contributed by atoms with van der Waals surface area (Å²) in [6.45, 7) is 0. The molecule has 0 aliphatic rings. The molecule has 2 heterocycles. The molecule has 2 aromatic heterocycles. The number of ether oxygens (including phenoxy) is 1. The van der Waals surface area contributed by atoms with Crippen molar-refractivity contribution < 1.29 is 19.4 Å². The lowest BCUT2D eigenvalue weighted by molar-refractivity contribution is 0.1000. The molecule has 4 aromatic rings. The van der Waals surface area contributed by atoms with Crippen molar-refractivity contribution in [2.24, 2.45) is 5.73 Å². The molecule has 0 radical (unpaired) electrons. The van der Waals surface area contributed by atoms with E-state index in [1.54, 1.807) is 34.8 Å². The molecule has 31 heavy (non-hydrogen) atoms. The zero-order valence-corrected chi connectivity index (χ0v) is 16.4. The largest absolute Gasteiger partial charge is 0.495 e. The van der Waals surface area contributed by atoms with Crippen molar-refractivity contribution in [3.05, 3.63) is 66.4 Å². The van der Waals surface area contributed by atoms with E-state index >= 15 is 0 Å². The number of rotatable bonds is 6. The molecular weight excluding hydrogens is 400 g/mol. The highest BCUT2D eigenvalue weighted by Gasteiger charge is 2.11. The fraction of sp³-hybridized carbons (Fsp3) is 0.0476. The lowest BCUT2D eigenvalue weighted by Crippen LogP contribution is -2.11. The standard InChI is InChI=1S/C21H18N6O4/c1-31-17-10-13(19(22)28)4-8-16(17)24-20-25-18-9-5-14(11-27(18)26-20)12-2-6-15(7-3-12)23-21(29)30/h2-11,23H,1H3,(H2,22,28)(H,24,26)(H,29,30). The number of anilines is 3. The van der Waals surface area contributed by atoms with Gasteiger partial charge in [0, 0.05) is 23.0 Å². The molecule has 2 aromatic carbocycles. The van der Waals surface area contributed by atoms with E-state index in [1.165, 1.54) is 7.11 Å². The monoisotopic (exact) mass is 418 g/mol. The first-order valence-corrected chi connectivity index (χ1v) is 9.14. The van der Waals surface area contributed by atoms with E-state index in [4.69, 9.17) is 15.6 Å². The Bertz CT molecular complexity index is 1280. The number of hydrogen-bond donors (Lipinski definition) is 4. The van der Waals surface area contributed by atoms with E-state index in [2.05, 4.69) is 20.7 Å². The van der Waals surface area contributed by atoms with Crippen molar-refractivity contribution in [3.8, 4) is 16.9 Å². The number of carboxylic acid groups (broad SMARTS) is 1. The average molecular weight is 418 g/mol. The summed E-state index contributed by atoms with van der Waals surface area (Å²) in [5.74, 6) is 0.240. The minimum atomic E-state index is -1.11. The topological polar surface area (TPSA) is 144 Å². The Balaban J connectivity index is 1.59. The second kappa shape index (κ2) is 8.03. The number of nitrogens with two attached hydrogens (primary N) is 1. The Hall–Kier alpha value is -4.60. The van der Waals surface area contributed by atoms with Crippen LogP contribution in [0.4, 0.5) is 22.1 Å². The number of benzene rings is 2. The number of methoxy groups -OCH3 is 1. The van der Waals surface area contributed by atoms with E-state index in [-0.39, 0.29) is 0 Å². The highest BCUT2D eigenvalue weighted by Crippen LogP contribution is 2.28. The van der Waals surface area contributed by atoms with Gasteiger partial charge in [-0.3, -0.25) is 10.1 Å². The molecular formula is C21H18N6O4. The van der Waals surface area contributed by atoms with Crippen LogP contribution in [0.3, 0.4) is 0 Å². The molecule has 2 amide bonds. The number of pyridine rings is 1. The summed E-state index contributed by atoms with van der Waals surface area (Å²) in [6.07, 6.45) is 0.707. The number of carbonyl (C=O) groups is 2. The van der Waals surface area contributed by atoms with Crippen LogP contribution in [0.5, 0.6) is 5.75 Å². The molecule has 10 heteroatoms. The average Bonchev–Trinajstić information content (AvgIpc) is 3.15. The predicted molar refractivity (Wildman–Crippen MR) is 115 cm³/mol. The highest BCUT2D eigenvalue weighted by atomic mass is 16.5. The van der Waals surface area contributed by atoms with Crippen molar-refractivity contribution in [2.45, 2.75) is 0 Å². The van der Waals surface area contributed by atoms with Gasteiger partial charge in [-0.25, -0.2) is 9.31 Å². The van der Waals surface area contributed by atoms with Crippen LogP contribution in [0.2, 0.25) is 0 Å². The maximum absolute atomic E-state index is 11.4. The third-order valence-corrected chi connectivity index (χ3v) is 4.53. The molecule has 0 aliphatic heterocycles. The smallest absolute Gasteiger partial charge is 0.409 e. The SMILES string of the molecule is COc1cc(C(N)=O)ccc1Nc1nc2ccc(-c3ccc(NC(=O)O)cc3)cn2n1. The van der Waals surface area contributed by atoms with Crippen LogP contribution in [0.1, 0.15) is 10.4 Å². The minimum absolute atomic E-state index is 0.333. The van der Waals surface area contributed by atoms with Gasteiger partial charge in [0.25, 0.3) is 0 Å². The van der Waals surface area contributed by atoms with Gasteiger partial charge >= 0.3 is 6.09 Å². The van der Waals surface area contributed by atoms with Gasteiger partial charge in [0.05, 0.1) is 12.8 Å². The van der Waals surface area contributed by atoms with Crippen molar-refractivity contribution in [1.29, 1.82) is 0 Å². The molecule has 0 saturated heterocycles. The lowest BCUT2D eigenvalue weighted by Gasteiger charge is -2.09. The van der Waals surface area contributed by atoms with Gasteiger partial charge in [0.2, 0.25) is 11.9 Å². The zero-order chi connectivity index (χ0) is 22.0. The van der Waals surface area contributed by atoms with E-state index in [9.17, 15) is 9.59 Å². The van der Waals surface area contributed by atoms with Crippen molar-refractivity contribution in [2.75, 3.05) is 17.7 Å². The summed E-state index contributed by atoms with van der Waals surface area (Å²) in [7, 11) is 1.49. The van der Waals surface area contributed by atoms with Crippen LogP contribution in [0.15, 0.2) is 60.8 Å². The summed E-state index contributed by atoms with van der Waals surface area (Å²) < 4.78 is 6.95. The molecule has 4 rings (SSSR count). The molecule has 10 nitrogen and oxygen atoms in total. The van der Waals surface area contributed by atoms with Crippen LogP contribution in [-0.4, -0.2) is 38.8 Å². The second-order valence-electron chi connectivity index (χ2n) is 6.57. The van der Waals surface area contributed by atoms with Crippen molar-refractivity contribution >= 4 is 35.0 Å². The zero-order valence-electron chi connectivity index (χ0n) is 16.4. The minimum Gasteiger partial charge on any atom is -0.495 e. The van der Waals surface area contributed by atoms with E-state index in [1.807, 2.05) is 30.5 Å². The Morgan fingerprint density at radius 1 is 1.06 bits per heavy atom. The first-order valence-electron chi connectivity index (χ1n) is 9.14. The number of fused-ring (bicyclic) bond motifs is 1. The van der Waals surface area contributed by atoms with Crippen molar-refractivity contribution in [1.82, 2.24) is 14.6 Å². The van der Waals surface area contributed by atoms with Crippen LogP contribution < -0.4 is 21.1 Å². The Labute approximate surface area is 176 Å². The normalized spacial score (nSPS) is 10.6. The molecule has 0 atom stereocenters. The summed E-state index contributed by atoms with van der Waals surface area (Å²) >= 11 is 0. The number of primary amides is 1. The number of nitrogens with one attached hydrogen (secondary N) is 2. The molecule has 0 saturated carbocycles. The molecule has 0 bridgehead atoms. The summed E-state index contributed by atoms with van der Waals surface area (Å²) in [6, 6.07) is 15.5. The number of amides is 2. The van der Waals surface area contributed by atoms with Gasteiger partial charge in [-0.05, 0) is 48.0 Å². The Morgan fingerprint density at radius 2 is 1.81 bits per heavy atom. The molecule has 0 aliphatic carbocycles. The fourth-order valence-electron chi connectivity index (χ4n) is 3.04. The van der Waals surface area contributed by atoms with Gasteiger partial charge in [0.15, 0.2) is 5.65 Å². The third kappa shape index (κ3) is 4.22. The van der Waals surface area contributed by atoms with Gasteiger partial charge < -0.3 is 20.9 Å². The van der Waals surface area contributed by atoms with Crippen LogP contribution in [0.25, 0.3) is 16.8 Å². The first-order chi connectivity index (χ1) is 14.9. The van der Waals surface area contributed by atoms with E-state index in [0.717, 1.165) is 11.1 Å². The van der Waals surface area contributed by atoms with Crippen LogP contribution >= 0.6 is 0 Å². The third-order valence-electron chi connectivity index (χ3n) is 4.53. The van der Waals surface area contributed by atoms with Gasteiger partial charge in [-0.1, -0.05) is 12.1 Å². The summed E-state index contributed by atoms with van der Waals surface area (Å²) in [5.41, 5.74) is 9.12. The highest BCUT2D eigenvalue weighted by molar-refractivity contribution is 5.94. The lowest BCUT2D eigenvalue weighted by atomic mass is 10.1. The van der Waals surface area contributed by atoms with Gasteiger partial charge in [0.1, 0.15) is 5.75 Å². The number of carbonyl (C=O) groups excluding carboxylic acids is 1.